The zero-order chi connectivity index (χ0) is 25.9. The first kappa shape index (κ1) is 22.4. The van der Waals surface area contributed by atoms with Crippen LogP contribution in [0.15, 0.2) is 121 Å². The van der Waals surface area contributed by atoms with Gasteiger partial charge in [0.1, 0.15) is 0 Å². The highest BCUT2D eigenvalue weighted by molar-refractivity contribution is 6.09. The first-order valence-corrected chi connectivity index (χ1v) is 14.1. The van der Waals surface area contributed by atoms with Gasteiger partial charge in [-0.25, -0.2) is 0 Å². The highest BCUT2D eigenvalue weighted by Crippen LogP contribution is 2.37. The van der Waals surface area contributed by atoms with Crippen molar-refractivity contribution >= 4 is 32.7 Å². The minimum Gasteiger partial charge on any atom is -0.313 e. The molecule has 2 heteroatoms. The second-order valence-electron chi connectivity index (χ2n) is 11.1. The van der Waals surface area contributed by atoms with Gasteiger partial charge in [-0.3, -0.25) is 0 Å². The molecule has 0 aliphatic heterocycles. The van der Waals surface area contributed by atoms with Gasteiger partial charge < -0.3 is 9.13 Å². The summed E-state index contributed by atoms with van der Waals surface area (Å²) in [7, 11) is 0. The molecule has 5 aromatic carbocycles. The summed E-state index contributed by atoms with van der Waals surface area (Å²) >= 11 is 0. The van der Waals surface area contributed by atoms with Crippen molar-refractivity contribution in [3.05, 3.63) is 133 Å². The number of nitrogens with zero attached hydrogens (tertiary/aromatic N) is 2. The summed E-state index contributed by atoms with van der Waals surface area (Å²) in [4.78, 5) is 0. The Labute approximate surface area is 228 Å². The second kappa shape index (κ2) is 8.74. The van der Waals surface area contributed by atoms with E-state index in [0.29, 0.717) is 0 Å². The van der Waals surface area contributed by atoms with E-state index >= 15 is 0 Å². The number of para-hydroxylation sites is 3. The number of fused-ring (bicyclic) bond motifs is 6. The summed E-state index contributed by atoms with van der Waals surface area (Å²) in [6.45, 7) is 2.39. The molecule has 2 aromatic heterocycles. The highest BCUT2D eigenvalue weighted by atomic mass is 15.0. The molecule has 0 saturated carbocycles. The fourth-order valence-corrected chi connectivity index (χ4v) is 6.79. The lowest BCUT2D eigenvalue weighted by Gasteiger charge is -2.21. The number of aromatic nitrogens is 2. The quantitative estimate of drug-likeness (QED) is 0.228. The van der Waals surface area contributed by atoms with Gasteiger partial charge in [-0.05, 0) is 84.3 Å². The fourth-order valence-electron chi connectivity index (χ4n) is 6.79. The van der Waals surface area contributed by atoms with Crippen LogP contribution in [0.3, 0.4) is 0 Å². The van der Waals surface area contributed by atoms with E-state index in [-0.39, 0.29) is 0 Å². The maximum Gasteiger partial charge on any atom is 0.0541 e. The van der Waals surface area contributed by atoms with Crippen LogP contribution in [0.1, 0.15) is 24.6 Å². The predicted molar refractivity (Wildman–Crippen MR) is 164 cm³/mol. The van der Waals surface area contributed by atoms with Gasteiger partial charge in [-0.15, -0.1) is 0 Å². The summed E-state index contributed by atoms with van der Waals surface area (Å²) in [5.74, 6) is 0.754. The van der Waals surface area contributed by atoms with Gasteiger partial charge in [0.05, 0.1) is 16.6 Å². The van der Waals surface area contributed by atoms with Crippen molar-refractivity contribution < 1.29 is 0 Å². The van der Waals surface area contributed by atoms with E-state index in [1.165, 1.54) is 73.7 Å². The molecule has 1 aliphatic rings. The van der Waals surface area contributed by atoms with Crippen molar-refractivity contribution in [1.82, 2.24) is 9.13 Å². The molecule has 0 spiro atoms. The van der Waals surface area contributed by atoms with Crippen molar-refractivity contribution in [2.24, 2.45) is 5.92 Å². The third kappa shape index (κ3) is 3.48. The average molecular weight is 503 g/mol. The lowest BCUT2D eigenvalue weighted by Crippen LogP contribution is -2.13. The van der Waals surface area contributed by atoms with E-state index in [1.54, 1.807) is 5.56 Å². The van der Waals surface area contributed by atoms with Crippen LogP contribution in [0.25, 0.3) is 55.2 Å². The molecule has 2 nitrogen and oxygen atoms in total. The van der Waals surface area contributed by atoms with Crippen LogP contribution in [-0.4, -0.2) is 9.13 Å². The molecule has 188 valence electrons. The Bertz CT molecular complexity index is 1930. The van der Waals surface area contributed by atoms with Crippen LogP contribution < -0.4 is 0 Å². The summed E-state index contributed by atoms with van der Waals surface area (Å²) in [5, 5.41) is 4.01. The van der Waals surface area contributed by atoms with Crippen molar-refractivity contribution in [1.29, 1.82) is 0 Å². The molecule has 1 aliphatic carbocycles. The molecule has 0 saturated heterocycles. The monoisotopic (exact) mass is 502 g/mol. The summed E-state index contributed by atoms with van der Waals surface area (Å²) in [5.41, 5.74) is 11.8. The predicted octanol–water partition coefficient (Wildman–Crippen LogP) is 9.52. The van der Waals surface area contributed by atoms with Crippen molar-refractivity contribution in [3.63, 3.8) is 0 Å². The van der Waals surface area contributed by atoms with Crippen molar-refractivity contribution in [2.45, 2.75) is 26.2 Å². The molecule has 39 heavy (non-hydrogen) atoms. The fraction of sp³-hybridized carbons (Fsp3) is 0.135. The van der Waals surface area contributed by atoms with Gasteiger partial charge in [0.15, 0.2) is 0 Å². The Morgan fingerprint density at radius 2 is 0.974 bits per heavy atom. The smallest absolute Gasteiger partial charge is 0.0541 e. The van der Waals surface area contributed by atoms with Crippen LogP contribution in [0, 0.1) is 5.92 Å². The third-order valence-electron chi connectivity index (χ3n) is 8.68. The topological polar surface area (TPSA) is 9.86 Å². The Balaban J connectivity index is 1.17. The van der Waals surface area contributed by atoms with Gasteiger partial charge in [-0.2, -0.15) is 0 Å². The van der Waals surface area contributed by atoms with E-state index in [9.17, 15) is 0 Å². The minimum absolute atomic E-state index is 0.754. The molecule has 1 atom stereocenters. The molecular formula is C37H30N2. The largest absolute Gasteiger partial charge is 0.313 e. The van der Waals surface area contributed by atoms with E-state index in [2.05, 4.69) is 137 Å². The van der Waals surface area contributed by atoms with Crippen LogP contribution in [0.4, 0.5) is 0 Å². The van der Waals surface area contributed by atoms with Gasteiger partial charge in [0.25, 0.3) is 0 Å². The highest BCUT2D eigenvalue weighted by Gasteiger charge is 2.23. The molecule has 8 rings (SSSR count). The zero-order valence-corrected chi connectivity index (χ0v) is 22.1. The van der Waals surface area contributed by atoms with E-state index < -0.39 is 0 Å². The summed E-state index contributed by atoms with van der Waals surface area (Å²) in [6, 6.07) is 44.4. The molecule has 0 N–H and O–H groups in total. The maximum absolute atomic E-state index is 2.51. The SMILES string of the molecule is CC1CCc2c(c3ccccc3n2-c2ccc(-c3ccc(-n4c5ccccc5c5ccccc54)cc3)cc2)C1. The van der Waals surface area contributed by atoms with Gasteiger partial charge in [0, 0.05) is 33.2 Å². The first-order chi connectivity index (χ1) is 19.3. The molecule has 7 aromatic rings. The average Bonchev–Trinajstić information content (AvgIpc) is 3.50. The summed E-state index contributed by atoms with van der Waals surface area (Å²) in [6.07, 6.45) is 3.59. The van der Waals surface area contributed by atoms with E-state index in [4.69, 9.17) is 0 Å². The van der Waals surface area contributed by atoms with Crippen LogP contribution in [-0.2, 0) is 12.8 Å². The number of rotatable bonds is 3. The van der Waals surface area contributed by atoms with Gasteiger partial charge in [0.2, 0.25) is 0 Å². The molecule has 1 unspecified atom stereocenters. The van der Waals surface area contributed by atoms with Crippen LogP contribution in [0.2, 0.25) is 0 Å². The normalized spacial score (nSPS) is 15.3. The maximum atomic E-state index is 2.51. The van der Waals surface area contributed by atoms with Gasteiger partial charge in [-0.1, -0.05) is 85.8 Å². The van der Waals surface area contributed by atoms with Crippen molar-refractivity contribution in [3.8, 4) is 22.5 Å². The van der Waals surface area contributed by atoms with Gasteiger partial charge >= 0.3 is 0 Å². The van der Waals surface area contributed by atoms with E-state index in [0.717, 1.165) is 12.3 Å². The number of hydrogen-bond acceptors (Lipinski definition) is 0. The standard InChI is InChI=1S/C37H30N2/c1-25-14-23-37-33(24-25)32-10-4-7-13-36(32)39(37)29-21-17-27(18-22-29)26-15-19-28(20-16-26)38-34-11-5-2-8-30(34)31-9-3-6-12-35(31)38/h2-13,15-22,25H,14,23-24H2,1H3. The Morgan fingerprint density at radius 1 is 0.513 bits per heavy atom. The van der Waals surface area contributed by atoms with Crippen LogP contribution >= 0.6 is 0 Å². The molecule has 0 bridgehead atoms. The molecule has 0 amide bonds. The molecular weight excluding hydrogens is 472 g/mol. The second-order valence-corrected chi connectivity index (χ2v) is 11.1. The molecule has 0 fully saturated rings. The lowest BCUT2D eigenvalue weighted by molar-refractivity contribution is 0.495. The number of benzene rings is 5. The van der Waals surface area contributed by atoms with Crippen LogP contribution in [0.5, 0.6) is 0 Å². The Kier molecular flexibility index (Phi) is 5.03. The Hall–Kier alpha value is -4.56. The lowest BCUT2D eigenvalue weighted by atomic mass is 9.87. The third-order valence-corrected chi connectivity index (χ3v) is 8.68. The van der Waals surface area contributed by atoms with Crippen molar-refractivity contribution in [2.75, 3.05) is 0 Å². The molecule has 2 heterocycles. The zero-order valence-electron chi connectivity index (χ0n) is 22.1. The summed E-state index contributed by atoms with van der Waals surface area (Å²) < 4.78 is 4.88. The molecule has 0 radical (unpaired) electrons. The number of hydrogen-bond donors (Lipinski definition) is 0. The first-order valence-electron chi connectivity index (χ1n) is 14.1. The Morgan fingerprint density at radius 3 is 1.54 bits per heavy atom. The van der Waals surface area contributed by atoms with E-state index in [1.807, 2.05) is 0 Å². The minimum atomic E-state index is 0.754.